The molecule has 25 heavy (non-hydrogen) atoms. The number of hydrogen-bond donors (Lipinski definition) is 3. The molecule has 3 rings (SSSR count). The van der Waals surface area contributed by atoms with E-state index in [1.165, 1.54) is 0 Å². The summed E-state index contributed by atoms with van der Waals surface area (Å²) in [6.45, 7) is 1.60. The highest BCUT2D eigenvalue weighted by molar-refractivity contribution is 5.91. The molecular weight excluding hydrogens is 316 g/mol. The first kappa shape index (κ1) is 17.5. The third kappa shape index (κ3) is 5.31. The van der Waals surface area contributed by atoms with Gasteiger partial charge in [0, 0.05) is 30.6 Å². The lowest BCUT2D eigenvalue weighted by Gasteiger charge is -2.24. The summed E-state index contributed by atoms with van der Waals surface area (Å²) in [6, 6.07) is 17.3. The van der Waals surface area contributed by atoms with E-state index in [9.17, 15) is 9.90 Å². The predicted octanol–water partition coefficient (Wildman–Crippen LogP) is 3.34. The Bertz CT molecular complexity index is 667. The molecule has 5 heteroatoms. The van der Waals surface area contributed by atoms with Crippen molar-refractivity contribution in [3.8, 4) is 0 Å². The van der Waals surface area contributed by atoms with Crippen molar-refractivity contribution in [3.63, 3.8) is 0 Å². The standard InChI is InChI=1S/C20H24N2O3/c23-19(15-4-2-1-3-5-15)14-20(24)22-17-8-6-16(7-9-17)21-18-10-12-25-13-11-18/h1-9,18-19,21,23H,10-14H2,(H,22,24)/t19-/m0/s1. The molecule has 5 nitrogen and oxygen atoms in total. The minimum absolute atomic E-state index is 0.0338. The van der Waals surface area contributed by atoms with E-state index in [0.717, 1.165) is 43.0 Å². The molecule has 1 amide bonds. The quantitative estimate of drug-likeness (QED) is 0.754. The zero-order valence-corrected chi connectivity index (χ0v) is 14.2. The van der Waals surface area contributed by atoms with Crippen LogP contribution in [0.15, 0.2) is 54.6 Å². The maximum atomic E-state index is 12.1. The van der Waals surface area contributed by atoms with Crippen molar-refractivity contribution in [3.05, 3.63) is 60.2 Å². The number of carbonyl (C=O) groups excluding carboxylic acids is 1. The molecule has 2 aromatic carbocycles. The van der Waals surface area contributed by atoms with Gasteiger partial charge in [-0.05, 0) is 42.7 Å². The molecule has 1 atom stereocenters. The van der Waals surface area contributed by atoms with Gasteiger partial charge in [-0.1, -0.05) is 30.3 Å². The molecule has 0 radical (unpaired) electrons. The molecule has 0 unspecified atom stereocenters. The van der Waals surface area contributed by atoms with Gasteiger partial charge < -0.3 is 20.5 Å². The number of carbonyl (C=O) groups is 1. The molecule has 1 heterocycles. The molecule has 1 aliphatic heterocycles. The van der Waals surface area contributed by atoms with Gasteiger partial charge in [-0.3, -0.25) is 4.79 Å². The normalized spacial score (nSPS) is 16.2. The Morgan fingerprint density at radius 1 is 1.04 bits per heavy atom. The monoisotopic (exact) mass is 340 g/mol. The van der Waals surface area contributed by atoms with E-state index in [1.807, 2.05) is 54.6 Å². The number of amides is 1. The summed E-state index contributed by atoms with van der Waals surface area (Å²) in [6.07, 6.45) is 1.26. The third-order valence-corrected chi connectivity index (χ3v) is 4.32. The zero-order valence-electron chi connectivity index (χ0n) is 14.2. The largest absolute Gasteiger partial charge is 0.388 e. The Labute approximate surface area is 148 Å². The van der Waals surface area contributed by atoms with Crippen molar-refractivity contribution >= 4 is 17.3 Å². The summed E-state index contributed by atoms with van der Waals surface area (Å²) < 4.78 is 5.36. The van der Waals surface area contributed by atoms with Gasteiger partial charge in [-0.15, -0.1) is 0 Å². The highest BCUT2D eigenvalue weighted by Crippen LogP contribution is 2.20. The van der Waals surface area contributed by atoms with Crippen molar-refractivity contribution in [2.24, 2.45) is 0 Å². The van der Waals surface area contributed by atoms with Gasteiger partial charge in [0.05, 0.1) is 12.5 Å². The number of aliphatic hydroxyl groups is 1. The van der Waals surface area contributed by atoms with Crippen molar-refractivity contribution in [1.29, 1.82) is 0 Å². The van der Waals surface area contributed by atoms with E-state index in [4.69, 9.17) is 4.74 Å². The Morgan fingerprint density at radius 3 is 2.36 bits per heavy atom. The molecule has 1 aliphatic rings. The van der Waals surface area contributed by atoms with Crippen molar-refractivity contribution in [2.75, 3.05) is 23.8 Å². The summed E-state index contributed by atoms with van der Waals surface area (Å²) in [5, 5.41) is 16.4. The number of benzene rings is 2. The topological polar surface area (TPSA) is 70.6 Å². The van der Waals surface area contributed by atoms with Gasteiger partial charge in [0.25, 0.3) is 0 Å². The number of aliphatic hydroxyl groups excluding tert-OH is 1. The second-order valence-electron chi connectivity index (χ2n) is 6.29. The fourth-order valence-electron chi connectivity index (χ4n) is 2.91. The number of ether oxygens (including phenoxy) is 1. The molecule has 0 aliphatic carbocycles. The van der Waals surface area contributed by atoms with Crippen LogP contribution in [-0.2, 0) is 9.53 Å². The van der Waals surface area contributed by atoms with E-state index < -0.39 is 6.10 Å². The lowest BCUT2D eigenvalue weighted by Crippen LogP contribution is -2.27. The van der Waals surface area contributed by atoms with Gasteiger partial charge in [-0.2, -0.15) is 0 Å². The summed E-state index contributed by atoms with van der Waals surface area (Å²) in [5.74, 6) is -0.207. The fraction of sp³-hybridized carbons (Fsp3) is 0.350. The van der Waals surface area contributed by atoms with E-state index in [-0.39, 0.29) is 12.3 Å². The van der Waals surface area contributed by atoms with Crippen LogP contribution < -0.4 is 10.6 Å². The Morgan fingerprint density at radius 2 is 1.68 bits per heavy atom. The molecule has 0 aromatic heterocycles. The number of nitrogens with one attached hydrogen (secondary N) is 2. The van der Waals surface area contributed by atoms with E-state index >= 15 is 0 Å². The number of rotatable bonds is 6. The van der Waals surface area contributed by atoms with Crippen LogP contribution in [0.2, 0.25) is 0 Å². The zero-order chi connectivity index (χ0) is 17.5. The average Bonchev–Trinajstić information content (AvgIpc) is 2.65. The first-order valence-electron chi connectivity index (χ1n) is 8.68. The summed E-state index contributed by atoms with van der Waals surface area (Å²) in [4.78, 5) is 12.1. The van der Waals surface area contributed by atoms with Crippen LogP contribution >= 0.6 is 0 Å². The van der Waals surface area contributed by atoms with E-state index in [0.29, 0.717) is 6.04 Å². The molecule has 1 fully saturated rings. The van der Waals surface area contributed by atoms with E-state index in [1.54, 1.807) is 0 Å². The Balaban J connectivity index is 1.49. The average molecular weight is 340 g/mol. The summed E-state index contributed by atoms with van der Waals surface area (Å²) >= 11 is 0. The molecular formula is C20H24N2O3. The molecule has 3 N–H and O–H groups in total. The summed E-state index contributed by atoms with van der Waals surface area (Å²) in [5.41, 5.74) is 2.51. The van der Waals surface area contributed by atoms with Gasteiger partial charge in [0.2, 0.25) is 5.91 Å². The van der Waals surface area contributed by atoms with Crippen LogP contribution in [0.25, 0.3) is 0 Å². The molecule has 1 saturated heterocycles. The minimum Gasteiger partial charge on any atom is -0.388 e. The lowest BCUT2D eigenvalue weighted by molar-refractivity contribution is -0.118. The molecule has 0 spiro atoms. The van der Waals surface area contributed by atoms with Crippen LogP contribution in [0.5, 0.6) is 0 Å². The molecule has 0 bridgehead atoms. The van der Waals surface area contributed by atoms with Crippen LogP contribution in [0.3, 0.4) is 0 Å². The molecule has 2 aromatic rings. The van der Waals surface area contributed by atoms with Crippen molar-refractivity contribution in [1.82, 2.24) is 0 Å². The van der Waals surface area contributed by atoms with Crippen LogP contribution in [0, 0.1) is 0 Å². The first-order valence-corrected chi connectivity index (χ1v) is 8.68. The highest BCUT2D eigenvalue weighted by Gasteiger charge is 2.14. The van der Waals surface area contributed by atoms with Crippen molar-refractivity contribution < 1.29 is 14.6 Å². The third-order valence-electron chi connectivity index (χ3n) is 4.32. The highest BCUT2D eigenvalue weighted by atomic mass is 16.5. The SMILES string of the molecule is O=C(C[C@H](O)c1ccccc1)Nc1ccc(NC2CCOCC2)cc1. The van der Waals surface area contributed by atoms with E-state index in [2.05, 4.69) is 10.6 Å². The van der Waals surface area contributed by atoms with Gasteiger partial charge >= 0.3 is 0 Å². The predicted molar refractivity (Wildman–Crippen MR) is 98.6 cm³/mol. The molecule has 132 valence electrons. The number of hydrogen-bond acceptors (Lipinski definition) is 4. The van der Waals surface area contributed by atoms with Gasteiger partial charge in [0.15, 0.2) is 0 Å². The lowest BCUT2D eigenvalue weighted by atomic mass is 10.1. The second kappa shape index (κ2) is 8.65. The first-order chi connectivity index (χ1) is 12.2. The number of anilines is 2. The summed E-state index contributed by atoms with van der Waals surface area (Å²) in [7, 11) is 0. The maximum Gasteiger partial charge on any atom is 0.227 e. The van der Waals surface area contributed by atoms with Gasteiger partial charge in [-0.25, -0.2) is 0 Å². The molecule has 0 saturated carbocycles. The maximum absolute atomic E-state index is 12.1. The fourth-order valence-corrected chi connectivity index (χ4v) is 2.91. The van der Waals surface area contributed by atoms with Gasteiger partial charge in [0.1, 0.15) is 0 Å². The Kier molecular flexibility index (Phi) is 6.04. The van der Waals surface area contributed by atoms with Crippen LogP contribution in [0.1, 0.15) is 30.9 Å². The second-order valence-corrected chi connectivity index (χ2v) is 6.29. The minimum atomic E-state index is -0.796. The Hall–Kier alpha value is -2.37. The smallest absolute Gasteiger partial charge is 0.227 e. The van der Waals surface area contributed by atoms with Crippen LogP contribution in [-0.4, -0.2) is 30.3 Å². The van der Waals surface area contributed by atoms with Crippen LogP contribution in [0.4, 0.5) is 11.4 Å². The van der Waals surface area contributed by atoms with Crippen molar-refractivity contribution in [2.45, 2.75) is 31.4 Å².